The van der Waals surface area contributed by atoms with Gasteiger partial charge in [0.15, 0.2) is 0 Å². The van der Waals surface area contributed by atoms with Gasteiger partial charge in [-0.2, -0.15) is 0 Å². The van der Waals surface area contributed by atoms with Gasteiger partial charge in [-0.05, 0) is 74.2 Å². The summed E-state index contributed by atoms with van der Waals surface area (Å²) >= 11 is 12.2. The highest BCUT2D eigenvalue weighted by Crippen LogP contribution is 2.47. The highest BCUT2D eigenvalue weighted by Gasteiger charge is 2.48. The monoisotopic (exact) mass is 486 g/mol. The maximum absolute atomic E-state index is 6.18. The van der Waals surface area contributed by atoms with Gasteiger partial charge in [-0.3, -0.25) is 4.90 Å². The van der Waals surface area contributed by atoms with Crippen LogP contribution in [0.15, 0.2) is 48.5 Å². The molecule has 176 valence electrons. The Balaban J connectivity index is 1.37. The Morgan fingerprint density at radius 1 is 1.12 bits per heavy atom. The third-order valence-corrected chi connectivity index (χ3v) is 8.32. The summed E-state index contributed by atoms with van der Waals surface area (Å²) in [6.07, 6.45) is 3.51. The number of rotatable bonds is 6. The molecule has 0 unspecified atom stereocenters. The van der Waals surface area contributed by atoms with Crippen molar-refractivity contribution in [1.29, 1.82) is 0 Å². The number of thiocarbonyl (C=S) groups is 1. The molecule has 0 aliphatic carbocycles. The van der Waals surface area contributed by atoms with Crippen LogP contribution in [-0.4, -0.2) is 55.9 Å². The molecule has 4 atom stereocenters. The third kappa shape index (κ3) is 4.40. The number of nitrogens with zero attached hydrogens (tertiary/aromatic N) is 1. The van der Waals surface area contributed by atoms with Gasteiger partial charge in [0, 0.05) is 28.6 Å². The lowest BCUT2D eigenvalue weighted by molar-refractivity contribution is -0.159. The Morgan fingerprint density at radius 2 is 1.82 bits per heavy atom. The van der Waals surface area contributed by atoms with Crippen LogP contribution in [0.1, 0.15) is 36.3 Å². The highest BCUT2D eigenvalue weighted by molar-refractivity contribution is 7.80. The Morgan fingerprint density at radius 3 is 2.48 bits per heavy atom. The van der Waals surface area contributed by atoms with Crippen LogP contribution in [0.2, 0.25) is 5.02 Å². The summed E-state index contributed by atoms with van der Waals surface area (Å²) in [6, 6.07) is 17.2. The molecule has 3 heterocycles. The van der Waals surface area contributed by atoms with E-state index in [0.29, 0.717) is 37.8 Å². The van der Waals surface area contributed by atoms with Gasteiger partial charge in [0.1, 0.15) is 5.75 Å². The van der Waals surface area contributed by atoms with Gasteiger partial charge in [0.25, 0.3) is 0 Å². The van der Waals surface area contributed by atoms with Gasteiger partial charge in [-0.1, -0.05) is 36.0 Å². The highest BCUT2D eigenvalue weighted by atomic mass is 35.5. The normalized spacial score (nSPS) is 28.6. The molecule has 0 amide bonds. The minimum atomic E-state index is -0.842. The predicted octanol–water partition coefficient (Wildman–Crippen LogP) is 4.73. The minimum absolute atomic E-state index is 0.235. The van der Waals surface area contributed by atoms with E-state index in [4.69, 9.17) is 38.0 Å². The van der Waals surface area contributed by atoms with Crippen LogP contribution in [0.5, 0.6) is 5.75 Å². The summed E-state index contributed by atoms with van der Waals surface area (Å²) in [5.41, 5.74) is 2.28. The summed E-state index contributed by atoms with van der Waals surface area (Å²) in [5, 5.41) is 4.34. The molecule has 1 N–H and O–H groups in total. The average molecular weight is 487 g/mol. The van der Waals surface area contributed by atoms with E-state index in [1.165, 1.54) is 18.4 Å². The summed E-state index contributed by atoms with van der Waals surface area (Å²) < 4.78 is 17.6. The Hall–Kier alpha value is -1.70. The number of fused-ring (bicyclic) bond motifs is 2. The quantitative estimate of drug-likeness (QED) is 0.595. The van der Waals surface area contributed by atoms with Crippen molar-refractivity contribution in [2.45, 2.75) is 43.1 Å². The largest absolute Gasteiger partial charge is 0.497 e. The Bertz CT molecular complexity index is 978. The number of benzene rings is 2. The lowest BCUT2D eigenvalue weighted by atomic mass is 9.76. The summed E-state index contributed by atoms with van der Waals surface area (Å²) in [4.78, 5) is 3.42. The molecule has 0 radical (unpaired) electrons. The third-order valence-electron chi connectivity index (χ3n) is 7.65. The van der Waals surface area contributed by atoms with Crippen LogP contribution in [0.4, 0.5) is 0 Å². The molecule has 2 bridgehead atoms. The number of ether oxygens (including phenoxy) is 3. The molecule has 3 fully saturated rings. The Kier molecular flexibility index (Phi) is 6.65. The second-order valence-electron chi connectivity index (χ2n) is 9.28. The van der Waals surface area contributed by atoms with E-state index in [1.54, 1.807) is 7.11 Å². The molecule has 0 saturated carbocycles. The fraction of sp³-hybridized carbons (Fsp3) is 0.500. The molecule has 0 aromatic heterocycles. The molecule has 33 heavy (non-hydrogen) atoms. The molecule has 5 nitrogen and oxygen atoms in total. The van der Waals surface area contributed by atoms with E-state index in [9.17, 15) is 0 Å². The molecule has 0 spiro atoms. The molecule has 3 saturated heterocycles. The SMILES string of the molecule is COc1ccc(C2(CNC(=S)[C@H]3[C@@H](c4ccc(Cl)cc4)C[C@@H]4CC[C@H]3N4C)OCCO2)cc1. The molecule has 5 rings (SSSR count). The van der Waals surface area contributed by atoms with Crippen molar-refractivity contribution >= 4 is 28.8 Å². The molecular formula is C26H31ClN2O3S. The lowest BCUT2D eigenvalue weighted by Crippen LogP contribution is -2.52. The molecule has 2 aromatic rings. The van der Waals surface area contributed by atoms with Gasteiger partial charge in [-0.15, -0.1) is 0 Å². The van der Waals surface area contributed by atoms with Crippen LogP contribution in [0.3, 0.4) is 0 Å². The van der Waals surface area contributed by atoms with Crippen molar-refractivity contribution in [2.24, 2.45) is 5.92 Å². The fourth-order valence-corrected chi connectivity index (χ4v) is 6.39. The van der Waals surface area contributed by atoms with E-state index in [2.05, 4.69) is 29.4 Å². The molecule has 2 aromatic carbocycles. The van der Waals surface area contributed by atoms with Crippen molar-refractivity contribution in [1.82, 2.24) is 10.2 Å². The first kappa shape index (κ1) is 23.1. The molecule has 3 aliphatic heterocycles. The smallest absolute Gasteiger partial charge is 0.212 e. The summed E-state index contributed by atoms with van der Waals surface area (Å²) in [5.74, 6) is 0.574. The fourth-order valence-electron chi connectivity index (χ4n) is 5.87. The molecule has 7 heteroatoms. The van der Waals surface area contributed by atoms with E-state index < -0.39 is 5.79 Å². The standard InChI is InChI=1S/C26H31ClN2O3S/c1-29-20-9-12-23(29)24(22(15-20)17-3-7-19(27)8-4-17)25(33)28-16-26(31-13-14-32-26)18-5-10-21(30-2)11-6-18/h3-8,10-11,20,22-24H,9,12-16H2,1-2H3,(H,28,33)/t20-,22+,23+,24-/m0/s1. The van der Waals surface area contributed by atoms with Crippen LogP contribution in [-0.2, 0) is 15.3 Å². The van der Waals surface area contributed by atoms with E-state index in [-0.39, 0.29) is 5.92 Å². The van der Waals surface area contributed by atoms with E-state index >= 15 is 0 Å². The van der Waals surface area contributed by atoms with Gasteiger partial charge in [0.05, 0.1) is 31.9 Å². The molecule has 3 aliphatic rings. The van der Waals surface area contributed by atoms with Crippen molar-refractivity contribution in [2.75, 3.05) is 33.9 Å². The predicted molar refractivity (Wildman–Crippen MR) is 134 cm³/mol. The van der Waals surface area contributed by atoms with Crippen LogP contribution < -0.4 is 10.1 Å². The second-order valence-corrected chi connectivity index (χ2v) is 10.2. The molecular weight excluding hydrogens is 456 g/mol. The van der Waals surface area contributed by atoms with Crippen LogP contribution >= 0.6 is 23.8 Å². The van der Waals surface area contributed by atoms with Gasteiger partial charge >= 0.3 is 0 Å². The van der Waals surface area contributed by atoms with Crippen LogP contribution in [0.25, 0.3) is 0 Å². The number of hydrogen-bond donors (Lipinski definition) is 1. The number of hydrogen-bond acceptors (Lipinski definition) is 5. The summed E-state index contributed by atoms with van der Waals surface area (Å²) in [6.45, 7) is 1.59. The lowest BCUT2D eigenvalue weighted by Gasteiger charge is -2.44. The van der Waals surface area contributed by atoms with Crippen molar-refractivity contribution < 1.29 is 14.2 Å². The number of nitrogens with one attached hydrogen (secondary N) is 1. The van der Waals surface area contributed by atoms with Crippen molar-refractivity contribution in [3.05, 3.63) is 64.7 Å². The van der Waals surface area contributed by atoms with E-state index in [0.717, 1.165) is 27.7 Å². The zero-order valence-corrected chi connectivity index (χ0v) is 20.7. The first-order valence-electron chi connectivity index (χ1n) is 11.7. The topological polar surface area (TPSA) is 43.0 Å². The first-order chi connectivity index (χ1) is 16.0. The maximum atomic E-state index is 6.18. The van der Waals surface area contributed by atoms with Crippen molar-refractivity contribution in [3.8, 4) is 5.75 Å². The number of halogens is 1. The zero-order chi connectivity index (χ0) is 23.0. The Labute approximate surface area is 206 Å². The minimum Gasteiger partial charge on any atom is -0.497 e. The van der Waals surface area contributed by atoms with Crippen LogP contribution in [0, 0.1) is 5.92 Å². The second kappa shape index (κ2) is 9.51. The van der Waals surface area contributed by atoms with Gasteiger partial charge < -0.3 is 19.5 Å². The average Bonchev–Trinajstić information content (AvgIpc) is 3.40. The maximum Gasteiger partial charge on any atom is 0.212 e. The summed E-state index contributed by atoms with van der Waals surface area (Å²) in [7, 11) is 3.91. The van der Waals surface area contributed by atoms with Gasteiger partial charge in [0.2, 0.25) is 5.79 Å². The number of piperidine rings is 1. The number of methoxy groups -OCH3 is 1. The van der Waals surface area contributed by atoms with Crippen molar-refractivity contribution in [3.63, 3.8) is 0 Å². The van der Waals surface area contributed by atoms with E-state index in [1.807, 2.05) is 36.4 Å². The zero-order valence-electron chi connectivity index (χ0n) is 19.1. The first-order valence-corrected chi connectivity index (χ1v) is 12.5. The van der Waals surface area contributed by atoms with Gasteiger partial charge in [-0.25, -0.2) is 0 Å².